The van der Waals surface area contributed by atoms with E-state index in [1.807, 2.05) is 20.8 Å². The van der Waals surface area contributed by atoms with Gasteiger partial charge in [0.1, 0.15) is 12.2 Å². The minimum absolute atomic E-state index is 0. The zero-order chi connectivity index (χ0) is 19.4. The van der Waals surface area contributed by atoms with Gasteiger partial charge < -0.3 is 24.6 Å². The van der Waals surface area contributed by atoms with Crippen LogP contribution in [-0.2, 0) is 9.47 Å². The van der Waals surface area contributed by atoms with Crippen molar-refractivity contribution in [3.63, 3.8) is 0 Å². The summed E-state index contributed by atoms with van der Waals surface area (Å²) in [5.74, 6) is 0.731. The Hall–Kier alpha value is -0.980. The number of alkyl halides is 3. The molecule has 1 N–H and O–H groups in total. The number of hydrogen-bond acceptors (Lipinski definition) is 6. The maximum absolute atomic E-state index is 12.2. The monoisotopic (exact) mass is 508 g/mol. The van der Waals surface area contributed by atoms with Gasteiger partial charge in [-0.25, -0.2) is 4.79 Å². The topological polar surface area (TPSA) is 66.4 Å². The van der Waals surface area contributed by atoms with Crippen LogP contribution >= 0.6 is 24.0 Å². The molecule has 1 fully saturated rings. The van der Waals surface area contributed by atoms with Crippen LogP contribution in [0.5, 0.6) is 0 Å². The Kier molecular flexibility index (Phi) is 8.90. The molecule has 1 atom stereocenters. The van der Waals surface area contributed by atoms with Gasteiger partial charge in [0.15, 0.2) is 5.96 Å². The summed E-state index contributed by atoms with van der Waals surface area (Å²) in [6.07, 6.45) is -4.15. The van der Waals surface area contributed by atoms with Gasteiger partial charge in [0, 0.05) is 32.8 Å². The SMILES string of the molecule is CC(C)(C)OC(=O)N1CCN2C(NCCCOCC(F)(F)F)=NCC2C1.I. The molecule has 0 aromatic heterocycles. The normalized spacial score (nSPS) is 19.9. The summed E-state index contributed by atoms with van der Waals surface area (Å²) in [5, 5.41) is 3.14. The molecule has 0 aliphatic carbocycles. The largest absolute Gasteiger partial charge is 0.444 e. The summed E-state index contributed by atoms with van der Waals surface area (Å²) in [6, 6.07) is 0.0975. The number of amides is 1. The van der Waals surface area contributed by atoms with Gasteiger partial charge in [-0.3, -0.25) is 4.99 Å². The van der Waals surface area contributed by atoms with Crippen molar-refractivity contribution in [1.29, 1.82) is 0 Å². The molecule has 0 bridgehead atoms. The summed E-state index contributed by atoms with van der Waals surface area (Å²) < 4.78 is 45.9. The van der Waals surface area contributed by atoms with Gasteiger partial charge >= 0.3 is 12.3 Å². The van der Waals surface area contributed by atoms with Crippen molar-refractivity contribution in [3.8, 4) is 0 Å². The third-order valence-corrected chi connectivity index (χ3v) is 3.87. The Morgan fingerprint density at radius 2 is 2.00 bits per heavy atom. The van der Waals surface area contributed by atoms with Crippen molar-refractivity contribution in [2.45, 2.75) is 45.0 Å². The summed E-state index contributed by atoms with van der Waals surface area (Å²) in [4.78, 5) is 20.4. The van der Waals surface area contributed by atoms with Gasteiger partial charge in [0.25, 0.3) is 0 Å². The number of nitrogens with zero attached hydrogens (tertiary/aromatic N) is 3. The summed E-state index contributed by atoms with van der Waals surface area (Å²) in [5.41, 5.74) is -0.526. The lowest BCUT2D eigenvalue weighted by molar-refractivity contribution is -0.173. The molecule has 0 aromatic rings. The molecular formula is C16H28F3IN4O3. The Morgan fingerprint density at radius 1 is 1.30 bits per heavy atom. The van der Waals surface area contributed by atoms with E-state index in [1.165, 1.54) is 0 Å². The number of piperazine rings is 1. The minimum Gasteiger partial charge on any atom is -0.444 e. The van der Waals surface area contributed by atoms with Crippen LogP contribution in [-0.4, -0.2) is 85.6 Å². The van der Waals surface area contributed by atoms with Gasteiger partial charge in [0.05, 0.1) is 12.6 Å². The molecule has 7 nitrogen and oxygen atoms in total. The number of halogens is 4. The van der Waals surface area contributed by atoms with Gasteiger partial charge in [-0.05, 0) is 27.2 Å². The van der Waals surface area contributed by atoms with Gasteiger partial charge in [-0.15, -0.1) is 24.0 Å². The molecule has 2 aliphatic rings. The van der Waals surface area contributed by atoms with E-state index in [-0.39, 0.29) is 42.7 Å². The summed E-state index contributed by atoms with van der Waals surface area (Å²) in [6.45, 7) is 7.10. The molecule has 27 heavy (non-hydrogen) atoms. The second-order valence-corrected chi connectivity index (χ2v) is 7.39. The van der Waals surface area contributed by atoms with E-state index in [1.54, 1.807) is 4.90 Å². The third-order valence-electron chi connectivity index (χ3n) is 3.87. The van der Waals surface area contributed by atoms with Crippen LogP contribution in [0.25, 0.3) is 0 Å². The number of fused-ring (bicyclic) bond motifs is 1. The van der Waals surface area contributed by atoms with E-state index in [4.69, 9.17) is 4.74 Å². The van der Waals surface area contributed by atoms with Crippen molar-refractivity contribution < 1.29 is 27.4 Å². The highest BCUT2D eigenvalue weighted by Crippen LogP contribution is 2.18. The number of guanidine groups is 1. The van der Waals surface area contributed by atoms with Crippen molar-refractivity contribution in [2.24, 2.45) is 4.99 Å². The first kappa shape index (κ1) is 24.1. The maximum atomic E-state index is 12.2. The van der Waals surface area contributed by atoms with E-state index in [0.717, 1.165) is 5.96 Å². The fourth-order valence-corrected chi connectivity index (χ4v) is 2.79. The van der Waals surface area contributed by atoms with E-state index in [2.05, 4.69) is 19.9 Å². The molecule has 11 heteroatoms. The highest BCUT2D eigenvalue weighted by molar-refractivity contribution is 14.0. The maximum Gasteiger partial charge on any atom is 0.411 e. The molecule has 1 saturated heterocycles. The molecule has 2 rings (SSSR count). The first-order chi connectivity index (χ1) is 12.1. The molecule has 2 heterocycles. The van der Waals surface area contributed by atoms with Crippen LogP contribution in [0.3, 0.4) is 0 Å². The third kappa shape index (κ3) is 8.28. The molecule has 1 amide bonds. The van der Waals surface area contributed by atoms with Crippen LogP contribution < -0.4 is 5.32 Å². The van der Waals surface area contributed by atoms with Crippen LogP contribution in [0.15, 0.2) is 4.99 Å². The first-order valence-electron chi connectivity index (χ1n) is 8.72. The Bertz CT molecular complexity index is 526. The van der Waals surface area contributed by atoms with Crippen LogP contribution in [0.4, 0.5) is 18.0 Å². The lowest BCUT2D eigenvalue weighted by atomic mass is 10.2. The Balaban J connectivity index is 0.00000364. The zero-order valence-electron chi connectivity index (χ0n) is 15.8. The first-order valence-corrected chi connectivity index (χ1v) is 8.72. The summed E-state index contributed by atoms with van der Waals surface area (Å²) >= 11 is 0. The van der Waals surface area contributed by atoms with E-state index >= 15 is 0 Å². The van der Waals surface area contributed by atoms with Crippen LogP contribution in [0, 0.1) is 0 Å². The Morgan fingerprint density at radius 3 is 2.63 bits per heavy atom. The molecule has 0 spiro atoms. The quantitative estimate of drug-likeness (QED) is 0.457. The highest BCUT2D eigenvalue weighted by atomic mass is 127. The second kappa shape index (κ2) is 9.99. The van der Waals surface area contributed by atoms with E-state index in [9.17, 15) is 18.0 Å². The van der Waals surface area contributed by atoms with Gasteiger partial charge in [0.2, 0.25) is 0 Å². The fourth-order valence-electron chi connectivity index (χ4n) is 2.79. The van der Waals surface area contributed by atoms with Crippen molar-refractivity contribution in [1.82, 2.24) is 15.1 Å². The number of rotatable bonds is 5. The Labute approximate surface area is 174 Å². The molecule has 1 unspecified atom stereocenters. The standard InChI is InChI=1S/C16H27F3N4O3.HI/c1-15(2,3)26-14(24)22-6-7-23-12(10-22)9-21-13(23)20-5-4-8-25-11-16(17,18)19;/h12H,4-11H2,1-3H3,(H,20,21);1H. The smallest absolute Gasteiger partial charge is 0.411 e. The average molecular weight is 508 g/mol. The predicted molar refractivity (Wildman–Crippen MR) is 106 cm³/mol. The lowest BCUT2D eigenvalue weighted by Gasteiger charge is -2.39. The summed E-state index contributed by atoms with van der Waals surface area (Å²) in [7, 11) is 0. The number of hydrogen-bond donors (Lipinski definition) is 1. The zero-order valence-corrected chi connectivity index (χ0v) is 18.2. The van der Waals surface area contributed by atoms with Crippen LogP contribution in [0.1, 0.15) is 27.2 Å². The molecule has 158 valence electrons. The fraction of sp³-hybridized carbons (Fsp3) is 0.875. The number of aliphatic imine (C=N–C) groups is 1. The molecule has 0 radical (unpaired) electrons. The molecule has 2 aliphatic heterocycles. The molecule has 0 saturated carbocycles. The van der Waals surface area contributed by atoms with Crippen molar-refractivity contribution in [3.05, 3.63) is 0 Å². The second-order valence-electron chi connectivity index (χ2n) is 7.39. The number of carbonyl (C=O) groups is 1. The predicted octanol–water partition coefficient (Wildman–Crippen LogP) is 2.45. The van der Waals surface area contributed by atoms with E-state index < -0.39 is 18.4 Å². The minimum atomic E-state index is -4.29. The van der Waals surface area contributed by atoms with Crippen molar-refractivity contribution in [2.75, 3.05) is 45.9 Å². The number of nitrogens with one attached hydrogen (secondary N) is 1. The number of carbonyl (C=O) groups excluding carboxylic acids is 1. The molecular weight excluding hydrogens is 480 g/mol. The number of ether oxygens (including phenoxy) is 2. The van der Waals surface area contributed by atoms with Crippen LogP contribution in [0.2, 0.25) is 0 Å². The lowest BCUT2D eigenvalue weighted by Crippen LogP contribution is -2.57. The average Bonchev–Trinajstić information content (AvgIpc) is 2.90. The molecule has 0 aromatic carbocycles. The van der Waals surface area contributed by atoms with Gasteiger partial charge in [-0.1, -0.05) is 0 Å². The van der Waals surface area contributed by atoms with Crippen molar-refractivity contribution >= 4 is 36.0 Å². The highest BCUT2D eigenvalue weighted by Gasteiger charge is 2.36. The van der Waals surface area contributed by atoms with Gasteiger partial charge in [-0.2, -0.15) is 13.2 Å². The van der Waals surface area contributed by atoms with E-state index in [0.29, 0.717) is 39.1 Å².